The largest absolute Gasteiger partial charge is 4.00 e. The van der Waals surface area contributed by atoms with Gasteiger partial charge in [0.05, 0.1) is 20.3 Å². The molecule has 0 radical (unpaired) electrons. The Bertz CT molecular complexity index is 159. The average Bonchev–Trinajstić information content (AvgIpc) is 1.76. The molecule has 98 valence electrons. The Morgan fingerprint density at radius 1 is 0.412 bits per heavy atom. The molecule has 0 aliphatic carbocycles. The van der Waals surface area contributed by atoms with Crippen molar-refractivity contribution in [1.82, 2.24) is 0 Å². The van der Waals surface area contributed by atoms with Crippen molar-refractivity contribution in [2.24, 2.45) is 0 Å². The summed E-state index contributed by atoms with van der Waals surface area (Å²) in [7, 11) is 0. The van der Waals surface area contributed by atoms with Crippen LogP contribution in [0.2, 0.25) is 0 Å². The van der Waals surface area contributed by atoms with Gasteiger partial charge in [0.15, 0.2) is 0 Å². The molecule has 0 saturated heterocycles. The van der Waals surface area contributed by atoms with Crippen LogP contribution in [0.15, 0.2) is 0 Å². The van der Waals surface area contributed by atoms with Crippen LogP contribution in [0, 0.1) is 90.5 Å². The summed E-state index contributed by atoms with van der Waals surface area (Å²) in [5, 5.41) is 59.0. The molecule has 0 aliphatic rings. The van der Waals surface area contributed by atoms with Crippen LogP contribution in [0.5, 0.6) is 0 Å². The Labute approximate surface area is 111 Å². The first-order valence-electron chi connectivity index (χ1n) is 2.19. The zero-order valence-corrected chi connectivity index (χ0v) is 10.5. The molecule has 0 aromatic heterocycles. The van der Waals surface area contributed by atoms with Crippen LogP contribution in [-0.2, 0) is 0 Å². The molecule has 0 amide bonds. The third-order valence-corrected chi connectivity index (χ3v) is 0. The predicted octanol–water partition coefficient (Wildman–Crippen LogP) is -0.956. The SMILES string of the molecule is O=[N+]([O-])[O-].O=[N+]([O-])[O-].O=[N+]([O-])[O-].O=[N+]([O-])[O-].[Pu+4]. The maximum absolute atomic E-state index is 8.25. The third-order valence-electron chi connectivity index (χ3n) is 0. The number of hydrogen-bond acceptors (Lipinski definition) is 12. The topological polar surface area (TPSA) is 265 Å². The molecule has 0 aromatic carbocycles. The molecule has 0 N–H and O–H groups in total. The van der Waals surface area contributed by atoms with E-state index < -0.39 is 20.3 Å². The molecular weight excluding hydrogens is 492 g/mol. The van der Waals surface area contributed by atoms with Gasteiger partial charge in [-0.3, -0.25) is 0 Å². The molecule has 16 nitrogen and oxygen atoms in total. The molecule has 17 heavy (non-hydrogen) atoms. The van der Waals surface area contributed by atoms with Gasteiger partial charge < -0.3 is 61.3 Å². The van der Waals surface area contributed by atoms with Crippen LogP contribution in [-0.4, -0.2) is 20.3 Å². The van der Waals surface area contributed by atoms with Crippen molar-refractivity contribution in [2.45, 2.75) is 0 Å². The molecule has 0 saturated carbocycles. The van der Waals surface area contributed by atoms with Crippen molar-refractivity contribution >= 4 is 0 Å². The van der Waals surface area contributed by atoms with E-state index in [1.807, 2.05) is 0 Å². The first kappa shape index (κ1) is 29.3. The summed E-state index contributed by atoms with van der Waals surface area (Å²) >= 11 is 0. The molecule has 0 rings (SSSR count). The summed E-state index contributed by atoms with van der Waals surface area (Å²) in [5.74, 6) is 0. The minimum Gasteiger partial charge on any atom is -0.356 e. The van der Waals surface area contributed by atoms with Crippen LogP contribution >= 0.6 is 0 Å². The Morgan fingerprint density at radius 2 is 0.412 bits per heavy atom. The van der Waals surface area contributed by atoms with Crippen molar-refractivity contribution in [3.8, 4) is 0 Å². The molecule has 0 aromatic rings. The fraction of sp³-hybridized carbons (Fsp3) is 0. The number of rotatable bonds is 0. The summed E-state index contributed by atoms with van der Waals surface area (Å²) in [6.45, 7) is 0. The second kappa shape index (κ2) is 23.5. The molecular formula is N4O12Pu. The van der Waals surface area contributed by atoms with Crippen molar-refractivity contribution in [3.05, 3.63) is 61.3 Å². The van der Waals surface area contributed by atoms with Crippen molar-refractivity contribution in [3.63, 3.8) is 0 Å². The van der Waals surface area contributed by atoms with Gasteiger partial charge in [-0.25, -0.2) is 0 Å². The maximum atomic E-state index is 8.25. The van der Waals surface area contributed by atoms with Crippen LogP contribution < -0.4 is 0 Å². The van der Waals surface area contributed by atoms with Crippen molar-refractivity contribution in [2.75, 3.05) is 0 Å². The zero-order valence-electron chi connectivity index (χ0n) is 7.10. The van der Waals surface area contributed by atoms with Gasteiger partial charge >= 0.3 is 29.2 Å². The summed E-state index contributed by atoms with van der Waals surface area (Å²) in [6.07, 6.45) is 0. The van der Waals surface area contributed by atoms with Gasteiger partial charge in [0.1, 0.15) is 0 Å². The Morgan fingerprint density at radius 3 is 0.412 bits per heavy atom. The Kier molecular flexibility index (Phi) is 40.6. The predicted molar refractivity (Wildman–Crippen MR) is 41.4 cm³/mol. The average molecular weight is 492 g/mol. The van der Waals surface area contributed by atoms with E-state index in [-0.39, 0.29) is 29.2 Å². The van der Waals surface area contributed by atoms with E-state index in [0.29, 0.717) is 0 Å². The summed E-state index contributed by atoms with van der Waals surface area (Å²) in [5.41, 5.74) is 0. The van der Waals surface area contributed by atoms with Gasteiger partial charge in [0.25, 0.3) is 0 Å². The van der Waals surface area contributed by atoms with Gasteiger partial charge in [0, 0.05) is 0 Å². The van der Waals surface area contributed by atoms with Crippen LogP contribution in [0.3, 0.4) is 0 Å². The van der Waals surface area contributed by atoms with Crippen molar-refractivity contribution < 1.29 is 49.5 Å². The zero-order chi connectivity index (χ0) is 14.3. The molecule has 17 heteroatoms. The van der Waals surface area contributed by atoms with Crippen LogP contribution in [0.25, 0.3) is 0 Å². The number of nitrogens with zero attached hydrogens (tertiary/aromatic N) is 4. The van der Waals surface area contributed by atoms with Gasteiger partial charge in [-0.1, -0.05) is 0 Å². The first-order chi connectivity index (χ1) is 6.93. The summed E-state index contributed by atoms with van der Waals surface area (Å²) < 4.78 is 0. The minimum absolute atomic E-state index is 0. The van der Waals surface area contributed by atoms with Gasteiger partial charge in [-0.2, -0.15) is 0 Å². The van der Waals surface area contributed by atoms with E-state index in [4.69, 9.17) is 61.3 Å². The minimum atomic E-state index is -1.75. The molecule has 0 bridgehead atoms. The van der Waals surface area contributed by atoms with E-state index in [1.165, 1.54) is 0 Å². The van der Waals surface area contributed by atoms with Gasteiger partial charge in [-0.05, 0) is 0 Å². The molecule has 0 unspecified atom stereocenters. The maximum Gasteiger partial charge on any atom is 4.00 e. The van der Waals surface area contributed by atoms with E-state index in [2.05, 4.69) is 0 Å². The molecule has 0 heterocycles. The van der Waals surface area contributed by atoms with Crippen molar-refractivity contribution in [1.29, 1.82) is 0 Å². The summed E-state index contributed by atoms with van der Waals surface area (Å²) in [4.78, 5) is 33.0. The van der Waals surface area contributed by atoms with Gasteiger partial charge in [-0.15, -0.1) is 0 Å². The fourth-order valence-corrected chi connectivity index (χ4v) is 0. The fourth-order valence-electron chi connectivity index (χ4n) is 0. The van der Waals surface area contributed by atoms with E-state index in [0.717, 1.165) is 0 Å². The second-order valence-electron chi connectivity index (χ2n) is 0.894. The first-order valence-corrected chi connectivity index (χ1v) is 2.19. The quantitative estimate of drug-likeness (QED) is 0.292. The third kappa shape index (κ3) is 391. The molecule has 0 spiro atoms. The van der Waals surface area contributed by atoms with Gasteiger partial charge in [0.2, 0.25) is 0 Å². The Balaban J connectivity index is -0.0000000369. The second-order valence-corrected chi connectivity index (χ2v) is 0.894. The van der Waals surface area contributed by atoms with Crippen LogP contribution in [0.1, 0.15) is 0 Å². The van der Waals surface area contributed by atoms with E-state index in [9.17, 15) is 0 Å². The molecule has 0 atom stereocenters. The Hall–Kier alpha value is -2.21. The molecule has 0 fully saturated rings. The smallest absolute Gasteiger partial charge is 0.356 e. The molecule has 0 aliphatic heterocycles. The van der Waals surface area contributed by atoms with E-state index in [1.54, 1.807) is 0 Å². The van der Waals surface area contributed by atoms with Crippen LogP contribution in [0.4, 0.5) is 0 Å². The normalized spacial score (nSPS) is 5.65. The summed E-state index contributed by atoms with van der Waals surface area (Å²) in [6, 6.07) is 0. The number of hydrogen-bond donors (Lipinski definition) is 0. The monoisotopic (exact) mass is 486 g/mol. The standard InChI is InChI=1S/4NO3.Pu/c4*2-1(3)4;/q4*-1;+4. The van der Waals surface area contributed by atoms with E-state index >= 15 is 0 Å².